The van der Waals surface area contributed by atoms with Crippen LogP contribution in [-0.4, -0.2) is 40.7 Å². The van der Waals surface area contributed by atoms with E-state index in [1.54, 1.807) is 11.8 Å². The lowest BCUT2D eigenvalue weighted by atomic mass is 9.84. The summed E-state index contributed by atoms with van der Waals surface area (Å²) in [5.41, 5.74) is 1.69. The van der Waals surface area contributed by atoms with Crippen LogP contribution in [-0.2, 0) is 20.5 Å². The lowest BCUT2D eigenvalue weighted by Gasteiger charge is -2.28. The molecule has 1 aromatic carbocycles. The van der Waals surface area contributed by atoms with Gasteiger partial charge in [-0.15, -0.1) is 0 Å². The quantitative estimate of drug-likeness (QED) is 0.743. The number of carbonyl (C=O) groups excluding carboxylic acids is 3. The molecule has 1 saturated heterocycles. The Hall–Kier alpha value is -2.63. The van der Waals surface area contributed by atoms with E-state index in [0.29, 0.717) is 12.1 Å². The Labute approximate surface area is 179 Å². The lowest BCUT2D eigenvalue weighted by Crippen LogP contribution is -2.44. The van der Waals surface area contributed by atoms with E-state index in [-0.39, 0.29) is 17.9 Å². The zero-order valence-corrected chi connectivity index (χ0v) is 18.7. The van der Waals surface area contributed by atoms with Crippen molar-refractivity contribution in [3.05, 3.63) is 47.2 Å². The highest BCUT2D eigenvalue weighted by Gasteiger charge is 2.49. The van der Waals surface area contributed by atoms with Crippen LogP contribution in [0.4, 0.5) is 4.79 Å². The van der Waals surface area contributed by atoms with Crippen LogP contribution in [0, 0.1) is 0 Å². The maximum Gasteiger partial charge on any atom is 0.325 e. The fourth-order valence-corrected chi connectivity index (χ4v) is 4.17. The number of carbonyl (C=O) groups is 3. The summed E-state index contributed by atoms with van der Waals surface area (Å²) in [6.07, 6.45) is 6.11. The van der Waals surface area contributed by atoms with E-state index < -0.39 is 17.5 Å². The van der Waals surface area contributed by atoms with E-state index in [1.165, 1.54) is 0 Å². The first kappa shape index (κ1) is 22.1. The second-order valence-corrected chi connectivity index (χ2v) is 9.35. The molecule has 0 saturated carbocycles. The average Bonchev–Trinajstić information content (AvgIpc) is 2.93. The number of rotatable bonds is 5. The van der Waals surface area contributed by atoms with Gasteiger partial charge in [0.05, 0.1) is 0 Å². The summed E-state index contributed by atoms with van der Waals surface area (Å²) in [5, 5.41) is 2.80. The molecule has 1 fully saturated rings. The Balaban J connectivity index is 1.78. The van der Waals surface area contributed by atoms with Crippen LogP contribution in [0.25, 0.3) is 0 Å². The summed E-state index contributed by atoms with van der Waals surface area (Å²) in [5.74, 6) is -0.612. The molecule has 1 N–H and O–H groups in total. The molecule has 1 aromatic rings. The third kappa shape index (κ3) is 4.13. The molecule has 0 bridgehead atoms. The van der Waals surface area contributed by atoms with Crippen molar-refractivity contribution in [2.45, 2.75) is 71.3 Å². The molecule has 6 heteroatoms. The van der Waals surface area contributed by atoms with Crippen molar-refractivity contribution in [3.8, 4) is 0 Å². The van der Waals surface area contributed by atoms with E-state index in [9.17, 15) is 14.4 Å². The molecular formula is C24H33N3O3. The van der Waals surface area contributed by atoms with Crippen molar-refractivity contribution >= 4 is 17.8 Å². The normalized spacial score (nSPS) is 22.0. The maximum atomic E-state index is 13.2. The van der Waals surface area contributed by atoms with Crippen LogP contribution >= 0.6 is 0 Å². The minimum absolute atomic E-state index is 0.00175. The van der Waals surface area contributed by atoms with Gasteiger partial charge in [-0.3, -0.25) is 14.5 Å². The highest BCUT2D eigenvalue weighted by atomic mass is 16.2. The molecule has 1 atom stereocenters. The van der Waals surface area contributed by atoms with Crippen LogP contribution in [0.5, 0.6) is 0 Å². The average molecular weight is 412 g/mol. The molecule has 1 aliphatic heterocycles. The van der Waals surface area contributed by atoms with Gasteiger partial charge in [0.1, 0.15) is 12.1 Å². The summed E-state index contributed by atoms with van der Waals surface area (Å²) < 4.78 is 0. The van der Waals surface area contributed by atoms with Gasteiger partial charge in [-0.05, 0) is 56.1 Å². The number of urea groups is 1. The Kier molecular flexibility index (Phi) is 6.06. The summed E-state index contributed by atoms with van der Waals surface area (Å²) in [4.78, 5) is 41.5. The third-order valence-corrected chi connectivity index (χ3v) is 6.13. The van der Waals surface area contributed by atoms with Crippen molar-refractivity contribution in [1.82, 2.24) is 15.1 Å². The van der Waals surface area contributed by atoms with Crippen molar-refractivity contribution in [3.63, 3.8) is 0 Å². The fraction of sp³-hybridized carbons (Fsp3) is 0.542. The van der Waals surface area contributed by atoms with Gasteiger partial charge < -0.3 is 10.2 Å². The first-order valence-corrected chi connectivity index (χ1v) is 10.8. The zero-order valence-electron chi connectivity index (χ0n) is 18.7. The van der Waals surface area contributed by atoms with Crippen LogP contribution in [0.2, 0.25) is 0 Å². The molecule has 0 aromatic heterocycles. The first-order valence-electron chi connectivity index (χ1n) is 10.8. The summed E-state index contributed by atoms with van der Waals surface area (Å²) in [6, 6.07) is 7.22. The Bertz CT molecular complexity index is 867. The van der Waals surface area contributed by atoms with E-state index >= 15 is 0 Å². The summed E-state index contributed by atoms with van der Waals surface area (Å²) >= 11 is 0. The molecule has 162 valence electrons. The minimum atomic E-state index is -1.17. The zero-order chi connectivity index (χ0) is 22.1. The molecule has 0 spiro atoms. The molecule has 30 heavy (non-hydrogen) atoms. The number of allylic oxidation sites excluding steroid dienone is 2. The van der Waals surface area contributed by atoms with Crippen LogP contribution in [0.1, 0.15) is 71.4 Å². The number of hydrogen-bond donors (Lipinski definition) is 1. The van der Waals surface area contributed by atoms with E-state index in [0.717, 1.165) is 41.8 Å². The maximum absolute atomic E-state index is 13.2. The number of hydrogen-bond acceptors (Lipinski definition) is 3. The topological polar surface area (TPSA) is 69.7 Å². The number of nitrogens with one attached hydrogen (secondary N) is 1. The lowest BCUT2D eigenvalue weighted by molar-refractivity contribution is -0.138. The molecule has 3 rings (SSSR count). The SMILES string of the molecule is CCN(C(=O)CN1C(=O)NC(C)(c2ccc(C(C)(C)C)cc2)C1=O)C1=CCCCC1. The number of likely N-dealkylation sites (N-methyl/N-ethyl adjacent to an activating group) is 1. The largest absolute Gasteiger partial charge is 0.325 e. The third-order valence-electron chi connectivity index (χ3n) is 6.13. The first-order chi connectivity index (χ1) is 14.1. The molecule has 1 aliphatic carbocycles. The molecule has 2 aliphatic rings. The van der Waals surface area contributed by atoms with Crippen LogP contribution in [0.15, 0.2) is 36.0 Å². The van der Waals surface area contributed by atoms with Gasteiger partial charge in [0.2, 0.25) is 5.91 Å². The van der Waals surface area contributed by atoms with Gasteiger partial charge in [0.15, 0.2) is 0 Å². The number of nitrogens with zero attached hydrogens (tertiary/aromatic N) is 2. The molecule has 6 nitrogen and oxygen atoms in total. The molecule has 1 heterocycles. The predicted octanol–water partition coefficient (Wildman–Crippen LogP) is 4.06. The summed E-state index contributed by atoms with van der Waals surface area (Å²) in [6.45, 7) is 10.3. The van der Waals surface area contributed by atoms with Gasteiger partial charge in [-0.1, -0.05) is 51.1 Å². The van der Waals surface area contributed by atoms with Gasteiger partial charge in [0.25, 0.3) is 5.91 Å². The van der Waals surface area contributed by atoms with Crippen molar-refractivity contribution in [2.75, 3.05) is 13.1 Å². The van der Waals surface area contributed by atoms with E-state index in [4.69, 9.17) is 0 Å². The minimum Gasteiger partial charge on any atom is -0.319 e. The number of amides is 4. The Morgan fingerprint density at radius 1 is 1.17 bits per heavy atom. The van der Waals surface area contributed by atoms with Crippen molar-refractivity contribution < 1.29 is 14.4 Å². The number of benzene rings is 1. The Morgan fingerprint density at radius 2 is 1.83 bits per heavy atom. The van der Waals surface area contributed by atoms with Crippen LogP contribution in [0.3, 0.4) is 0 Å². The smallest absolute Gasteiger partial charge is 0.319 e. The molecule has 1 unspecified atom stereocenters. The van der Waals surface area contributed by atoms with Gasteiger partial charge in [0, 0.05) is 12.2 Å². The summed E-state index contributed by atoms with van der Waals surface area (Å²) in [7, 11) is 0. The van der Waals surface area contributed by atoms with Gasteiger partial charge in [-0.2, -0.15) is 0 Å². The molecular weight excluding hydrogens is 378 g/mol. The molecule has 4 amide bonds. The second kappa shape index (κ2) is 8.25. The standard InChI is InChI=1S/C24H33N3O3/c1-6-26(19-10-8-7-9-11-19)20(28)16-27-21(29)24(5,25-22(27)30)18-14-12-17(13-15-18)23(2,3)4/h10,12-15H,6-9,11,16H2,1-5H3,(H,25,30). The Morgan fingerprint density at radius 3 is 2.37 bits per heavy atom. The van der Waals surface area contributed by atoms with Crippen molar-refractivity contribution in [2.24, 2.45) is 0 Å². The van der Waals surface area contributed by atoms with Gasteiger partial charge in [-0.25, -0.2) is 4.79 Å². The second-order valence-electron chi connectivity index (χ2n) is 9.35. The highest BCUT2D eigenvalue weighted by Crippen LogP contribution is 2.31. The predicted molar refractivity (Wildman–Crippen MR) is 117 cm³/mol. The number of imide groups is 1. The highest BCUT2D eigenvalue weighted by molar-refractivity contribution is 6.09. The van der Waals surface area contributed by atoms with Crippen LogP contribution < -0.4 is 5.32 Å². The van der Waals surface area contributed by atoms with Gasteiger partial charge >= 0.3 is 6.03 Å². The fourth-order valence-electron chi connectivity index (χ4n) is 4.17. The van der Waals surface area contributed by atoms with Crippen molar-refractivity contribution in [1.29, 1.82) is 0 Å². The molecule has 0 radical (unpaired) electrons. The monoisotopic (exact) mass is 411 g/mol. The van der Waals surface area contributed by atoms with E-state index in [2.05, 4.69) is 32.2 Å². The van der Waals surface area contributed by atoms with E-state index in [1.807, 2.05) is 31.2 Å².